The smallest absolute Gasteiger partial charge is 0.406 e. The van der Waals surface area contributed by atoms with Gasteiger partial charge in [0.05, 0.1) is 5.60 Å². The molecule has 106 valence electrons. The molecule has 1 aromatic carbocycles. The third kappa shape index (κ3) is 4.40. The summed E-state index contributed by atoms with van der Waals surface area (Å²) < 4.78 is 40.2. The molecule has 3 nitrogen and oxygen atoms in total. The number of hydrogen-bond acceptors (Lipinski definition) is 3. The number of rotatable bonds is 3. The van der Waals surface area contributed by atoms with Crippen molar-refractivity contribution in [2.24, 2.45) is 0 Å². The number of β-amino-alcohol motifs (C(OH)–C–C–N with tert-alkyl or cyclic N) is 1. The molecule has 2 rings (SSSR count). The fourth-order valence-electron chi connectivity index (χ4n) is 2.34. The number of benzene rings is 1. The van der Waals surface area contributed by atoms with Crippen LogP contribution in [-0.4, -0.2) is 30.2 Å². The van der Waals surface area contributed by atoms with E-state index in [-0.39, 0.29) is 5.75 Å². The fraction of sp³-hybridized carbons (Fsp3) is 0.538. The zero-order valence-corrected chi connectivity index (χ0v) is 10.3. The van der Waals surface area contributed by atoms with Gasteiger partial charge in [0.25, 0.3) is 0 Å². The molecule has 1 aromatic rings. The van der Waals surface area contributed by atoms with Crippen LogP contribution in [0.3, 0.4) is 0 Å². The van der Waals surface area contributed by atoms with Gasteiger partial charge >= 0.3 is 6.36 Å². The van der Waals surface area contributed by atoms with Crippen molar-refractivity contribution >= 4 is 0 Å². The van der Waals surface area contributed by atoms with Gasteiger partial charge in [0.2, 0.25) is 0 Å². The number of halogens is 3. The molecule has 2 N–H and O–H groups in total. The molecule has 0 aliphatic carbocycles. The Morgan fingerprint density at radius 2 is 2.16 bits per heavy atom. The minimum atomic E-state index is -4.69. The lowest BCUT2D eigenvalue weighted by atomic mass is 9.87. The number of hydrogen-bond donors (Lipinski definition) is 2. The highest BCUT2D eigenvalue weighted by Crippen LogP contribution is 2.26. The number of aliphatic hydroxyl groups is 1. The van der Waals surface area contributed by atoms with E-state index in [4.69, 9.17) is 0 Å². The number of alkyl halides is 3. The van der Waals surface area contributed by atoms with Crippen LogP contribution in [0.4, 0.5) is 13.2 Å². The Morgan fingerprint density at radius 3 is 2.79 bits per heavy atom. The molecule has 0 spiro atoms. The number of nitrogens with one attached hydrogen (secondary N) is 1. The van der Waals surface area contributed by atoms with Crippen molar-refractivity contribution in [1.29, 1.82) is 0 Å². The highest BCUT2D eigenvalue weighted by molar-refractivity contribution is 5.29. The molecule has 0 radical (unpaired) electrons. The number of ether oxygens (including phenoxy) is 1. The summed E-state index contributed by atoms with van der Waals surface area (Å²) in [6, 6.07) is 5.76. The lowest BCUT2D eigenvalue weighted by molar-refractivity contribution is -0.274. The van der Waals surface area contributed by atoms with E-state index >= 15 is 0 Å². The van der Waals surface area contributed by atoms with Gasteiger partial charge in [-0.3, -0.25) is 0 Å². The van der Waals surface area contributed by atoms with Crippen LogP contribution in [-0.2, 0) is 6.42 Å². The molecule has 1 saturated heterocycles. The van der Waals surface area contributed by atoms with Crippen LogP contribution in [0.1, 0.15) is 18.4 Å². The quantitative estimate of drug-likeness (QED) is 0.889. The first kappa shape index (κ1) is 14.1. The highest BCUT2D eigenvalue weighted by Gasteiger charge is 2.32. The fourth-order valence-corrected chi connectivity index (χ4v) is 2.34. The van der Waals surface area contributed by atoms with Crippen molar-refractivity contribution in [3.8, 4) is 5.75 Å². The van der Waals surface area contributed by atoms with Crippen LogP contribution in [0.15, 0.2) is 24.3 Å². The van der Waals surface area contributed by atoms with Crippen LogP contribution in [0.5, 0.6) is 5.75 Å². The summed E-state index contributed by atoms with van der Waals surface area (Å²) >= 11 is 0. The van der Waals surface area contributed by atoms with E-state index in [1.807, 2.05) is 0 Å². The minimum absolute atomic E-state index is 0.252. The lowest BCUT2D eigenvalue weighted by Crippen LogP contribution is -2.47. The summed E-state index contributed by atoms with van der Waals surface area (Å²) in [5.74, 6) is -0.252. The van der Waals surface area contributed by atoms with E-state index < -0.39 is 12.0 Å². The molecule has 1 aliphatic heterocycles. The third-order valence-corrected chi connectivity index (χ3v) is 3.11. The van der Waals surface area contributed by atoms with E-state index in [0.29, 0.717) is 24.9 Å². The summed E-state index contributed by atoms with van der Waals surface area (Å²) in [5.41, 5.74) is -0.261. The van der Waals surface area contributed by atoms with Gasteiger partial charge in [0.1, 0.15) is 5.75 Å². The SMILES string of the molecule is OC1(Cc2cccc(OC(F)(F)F)c2)CCCNC1. The standard InChI is InChI=1S/C13H16F3NO2/c14-13(15,16)19-11-4-1-3-10(7-11)8-12(18)5-2-6-17-9-12/h1,3-4,7,17-18H,2,5-6,8-9H2. The average molecular weight is 275 g/mol. The zero-order chi connectivity index (χ0) is 13.9. The predicted molar refractivity (Wildman–Crippen MR) is 63.9 cm³/mol. The normalized spacial score (nSPS) is 24.2. The second-order valence-corrected chi connectivity index (χ2v) is 4.88. The second kappa shape index (κ2) is 5.38. The summed E-state index contributed by atoms with van der Waals surface area (Å²) in [4.78, 5) is 0. The Kier molecular flexibility index (Phi) is 4.01. The van der Waals surface area contributed by atoms with E-state index in [2.05, 4.69) is 10.1 Å². The van der Waals surface area contributed by atoms with Crippen molar-refractivity contribution in [1.82, 2.24) is 5.32 Å². The first-order valence-corrected chi connectivity index (χ1v) is 6.14. The molecule has 1 unspecified atom stereocenters. The lowest BCUT2D eigenvalue weighted by Gasteiger charge is -2.32. The van der Waals surface area contributed by atoms with Gasteiger partial charge in [-0.05, 0) is 37.1 Å². The van der Waals surface area contributed by atoms with Crippen LogP contribution < -0.4 is 10.1 Å². The topological polar surface area (TPSA) is 41.5 Å². The van der Waals surface area contributed by atoms with Gasteiger partial charge in [-0.1, -0.05) is 12.1 Å². The minimum Gasteiger partial charge on any atom is -0.406 e. The van der Waals surface area contributed by atoms with E-state index in [1.54, 1.807) is 6.07 Å². The molecule has 1 heterocycles. The molecular formula is C13H16F3NO2. The monoisotopic (exact) mass is 275 g/mol. The van der Waals surface area contributed by atoms with Crippen molar-refractivity contribution < 1.29 is 23.0 Å². The van der Waals surface area contributed by atoms with Gasteiger partial charge in [0, 0.05) is 13.0 Å². The summed E-state index contributed by atoms with van der Waals surface area (Å²) in [6.07, 6.45) is -2.88. The molecule has 0 bridgehead atoms. The Labute approximate surface area is 109 Å². The molecule has 1 fully saturated rings. The largest absolute Gasteiger partial charge is 0.573 e. The summed E-state index contributed by atoms with van der Waals surface area (Å²) in [7, 11) is 0. The third-order valence-electron chi connectivity index (χ3n) is 3.11. The maximum absolute atomic E-state index is 12.1. The van der Waals surface area contributed by atoms with Gasteiger partial charge in [-0.2, -0.15) is 0 Å². The average Bonchev–Trinajstić information content (AvgIpc) is 2.27. The van der Waals surface area contributed by atoms with Crippen molar-refractivity contribution in [2.75, 3.05) is 13.1 Å². The number of piperidine rings is 1. The van der Waals surface area contributed by atoms with Crippen molar-refractivity contribution in [2.45, 2.75) is 31.2 Å². The maximum Gasteiger partial charge on any atom is 0.573 e. The zero-order valence-electron chi connectivity index (χ0n) is 10.3. The molecule has 6 heteroatoms. The van der Waals surface area contributed by atoms with Crippen LogP contribution in [0.25, 0.3) is 0 Å². The molecule has 0 aromatic heterocycles. The maximum atomic E-state index is 12.1. The van der Waals surface area contributed by atoms with Gasteiger partial charge < -0.3 is 15.2 Å². The van der Waals surface area contributed by atoms with Crippen LogP contribution >= 0.6 is 0 Å². The van der Waals surface area contributed by atoms with Gasteiger partial charge in [0.15, 0.2) is 0 Å². The summed E-state index contributed by atoms with van der Waals surface area (Å²) in [5, 5.41) is 13.4. The van der Waals surface area contributed by atoms with E-state index in [1.165, 1.54) is 18.2 Å². The second-order valence-electron chi connectivity index (χ2n) is 4.88. The molecule has 1 aliphatic rings. The van der Waals surface area contributed by atoms with E-state index in [9.17, 15) is 18.3 Å². The van der Waals surface area contributed by atoms with Gasteiger partial charge in [-0.25, -0.2) is 0 Å². The van der Waals surface area contributed by atoms with Crippen molar-refractivity contribution in [3.05, 3.63) is 29.8 Å². The summed E-state index contributed by atoms with van der Waals surface area (Å²) in [6.45, 7) is 1.32. The molecule has 1 atom stereocenters. The van der Waals surface area contributed by atoms with E-state index in [0.717, 1.165) is 13.0 Å². The Morgan fingerprint density at radius 1 is 1.37 bits per heavy atom. The molecule has 0 saturated carbocycles. The Balaban J connectivity index is 2.06. The predicted octanol–water partition coefficient (Wildman–Crippen LogP) is 2.24. The molecule has 0 amide bonds. The highest BCUT2D eigenvalue weighted by atomic mass is 19.4. The first-order valence-electron chi connectivity index (χ1n) is 6.14. The Bertz CT molecular complexity index is 428. The molecule has 19 heavy (non-hydrogen) atoms. The Hall–Kier alpha value is -1.27. The van der Waals surface area contributed by atoms with Crippen molar-refractivity contribution in [3.63, 3.8) is 0 Å². The first-order chi connectivity index (χ1) is 8.86. The van der Waals surface area contributed by atoms with Crippen LogP contribution in [0, 0.1) is 0 Å². The van der Waals surface area contributed by atoms with Gasteiger partial charge in [-0.15, -0.1) is 13.2 Å². The molecular weight excluding hydrogens is 259 g/mol. The van der Waals surface area contributed by atoms with Crippen LogP contribution in [0.2, 0.25) is 0 Å².